The van der Waals surface area contributed by atoms with E-state index in [2.05, 4.69) is 38.8 Å². The normalized spacial score (nSPS) is 12.5. The molecule has 0 aliphatic rings. The topological polar surface area (TPSA) is 119 Å². The van der Waals surface area contributed by atoms with Crippen LogP contribution in [0.25, 0.3) is 11.1 Å². The molecule has 0 radical (unpaired) electrons. The van der Waals surface area contributed by atoms with Gasteiger partial charge in [-0.25, -0.2) is 9.59 Å². The standard InChI is InChI=1S/C27H34N4O5/c1-8-10-23(32)30-21-16-19(29-25(33)35-7)11-12-20(21)18-13-14-28-22(15-18)24(17(3)9-2)31-26(34)36-27(4,5)6/h8-9,11-17,24H,1-2,10H2,3-7H3,(H,29,33)(H,30,32)(H,31,34)/t17?,24-/m0/s1. The number of amides is 3. The van der Waals surface area contributed by atoms with Gasteiger partial charge in [-0.05, 0) is 56.5 Å². The number of hydrogen-bond acceptors (Lipinski definition) is 6. The van der Waals surface area contributed by atoms with Gasteiger partial charge in [0.15, 0.2) is 0 Å². The molecule has 3 N–H and O–H groups in total. The van der Waals surface area contributed by atoms with E-state index in [4.69, 9.17) is 4.74 Å². The minimum atomic E-state index is -0.653. The van der Waals surface area contributed by atoms with E-state index in [-0.39, 0.29) is 18.2 Å². The molecule has 3 amide bonds. The third kappa shape index (κ3) is 8.26. The van der Waals surface area contributed by atoms with Gasteiger partial charge in [-0.2, -0.15) is 0 Å². The van der Waals surface area contributed by atoms with E-state index in [9.17, 15) is 14.4 Å². The summed E-state index contributed by atoms with van der Waals surface area (Å²) >= 11 is 0. The Bertz CT molecular complexity index is 1120. The van der Waals surface area contributed by atoms with Gasteiger partial charge >= 0.3 is 12.2 Å². The lowest BCUT2D eigenvalue weighted by molar-refractivity contribution is -0.115. The summed E-state index contributed by atoms with van der Waals surface area (Å²) in [6.07, 6.45) is 3.77. The van der Waals surface area contributed by atoms with E-state index in [0.29, 0.717) is 22.6 Å². The summed E-state index contributed by atoms with van der Waals surface area (Å²) in [5.74, 6) is -0.417. The molecule has 2 atom stereocenters. The molecule has 0 fully saturated rings. The molecule has 0 aliphatic carbocycles. The minimum absolute atomic E-state index is 0.119. The van der Waals surface area contributed by atoms with Crippen LogP contribution in [0.2, 0.25) is 0 Å². The van der Waals surface area contributed by atoms with Gasteiger partial charge in [-0.3, -0.25) is 15.1 Å². The van der Waals surface area contributed by atoms with E-state index < -0.39 is 23.8 Å². The number of pyridine rings is 1. The first-order valence-electron chi connectivity index (χ1n) is 11.5. The van der Waals surface area contributed by atoms with Crippen molar-refractivity contribution in [1.29, 1.82) is 0 Å². The highest BCUT2D eigenvalue weighted by Crippen LogP contribution is 2.33. The Kier molecular flexibility index (Phi) is 9.78. The second-order valence-electron chi connectivity index (χ2n) is 9.11. The summed E-state index contributed by atoms with van der Waals surface area (Å²) in [6, 6.07) is 8.21. The average Bonchev–Trinajstić information content (AvgIpc) is 2.81. The highest BCUT2D eigenvalue weighted by molar-refractivity contribution is 5.98. The van der Waals surface area contributed by atoms with Gasteiger partial charge in [0.25, 0.3) is 0 Å². The smallest absolute Gasteiger partial charge is 0.411 e. The van der Waals surface area contributed by atoms with Crippen LogP contribution in [0.1, 0.15) is 45.9 Å². The number of carbonyl (C=O) groups is 3. The van der Waals surface area contributed by atoms with E-state index in [0.717, 1.165) is 5.56 Å². The van der Waals surface area contributed by atoms with E-state index in [1.54, 1.807) is 57.3 Å². The summed E-state index contributed by atoms with van der Waals surface area (Å²) < 4.78 is 10.1. The van der Waals surface area contributed by atoms with Gasteiger partial charge in [0.1, 0.15) is 5.60 Å². The highest BCUT2D eigenvalue weighted by atomic mass is 16.6. The average molecular weight is 495 g/mol. The number of nitrogens with zero attached hydrogens (tertiary/aromatic N) is 1. The monoisotopic (exact) mass is 494 g/mol. The lowest BCUT2D eigenvalue weighted by Crippen LogP contribution is -2.37. The first-order chi connectivity index (χ1) is 17.0. The molecular weight excluding hydrogens is 460 g/mol. The maximum absolute atomic E-state index is 12.5. The fraction of sp³-hybridized carbons (Fsp3) is 0.333. The molecule has 1 aromatic carbocycles. The summed E-state index contributed by atoms with van der Waals surface area (Å²) in [4.78, 5) is 41.0. The van der Waals surface area contributed by atoms with Gasteiger partial charge in [-0.15, -0.1) is 13.2 Å². The van der Waals surface area contributed by atoms with Crippen LogP contribution in [0.15, 0.2) is 61.8 Å². The molecule has 192 valence electrons. The first-order valence-corrected chi connectivity index (χ1v) is 11.5. The van der Waals surface area contributed by atoms with Crippen molar-refractivity contribution >= 4 is 29.5 Å². The number of anilines is 2. The number of aromatic nitrogens is 1. The molecule has 9 nitrogen and oxygen atoms in total. The highest BCUT2D eigenvalue weighted by Gasteiger charge is 2.25. The number of benzene rings is 1. The molecule has 0 spiro atoms. The summed E-state index contributed by atoms with van der Waals surface area (Å²) in [5.41, 5.74) is 2.28. The van der Waals surface area contributed by atoms with Gasteiger partial charge in [0.05, 0.1) is 24.5 Å². The number of hydrogen-bond donors (Lipinski definition) is 3. The first kappa shape index (κ1) is 28.1. The van der Waals surface area contributed by atoms with E-state index >= 15 is 0 Å². The molecule has 1 heterocycles. The number of carbonyl (C=O) groups excluding carboxylic acids is 3. The van der Waals surface area contributed by atoms with Crippen LogP contribution in [-0.2, 0) is 14.3 Å². The summed E-state index contributed by atoms with van der Waals surface area (Å²) in [5, 5.41) is 8.33. The van der Waals surface area contributed by atoms with Crippen molar-refractivity contribution in [2.75, 3.05) is 17.7 Å². The fourth-order valence-corrected chi connectivity index (χ4v) is 3.31. The van der Waals surface area contributed by atoms with Crippen molar-refractivity contribution < 1.29 is 23.9 Å². The molecule has 1 aromatic heterocycles. The molecule has 2 rings (SSSR count). The van der Waals surface area contributed by atoms with Crippen LogP contribution < -0.4 is 16.0 Å². The molecule has 0 aliphatic heterocycles. The Hall–Kier alpha value is -4.14. The van der Waals surface area contributed by atoms with Crippen molar-refractivity contribution in [3.63, 3.8) is 0 Å². The number of ether oxygens (including phenoxy) is 2. The van der Waals surface area contributed by atoms with Crippen molar-refractivity contribution in [3.05, 3.63) is 67.5 Å². The van der Waals surface area contributed by atoms with Gasteiger partial charge in [0, 0.05) is 23.9 Å². The largest absolute Gasteiger partial charge is 0.453 e. The van der Waals surface area contributed by atoms with Gasteiger partial charge in [-0.1, -0.05) is 25.1 Å². The quantitative estimate of drug-likeness (QED) is 0.378. The maximum atomic E-state index is 12.5. The Morgan fingerprint density at radius 3 is 2.42 bits per heavy atom. The Labute approximate surface area is 212 Å². The molecule has 36 heavy (non-hydrogen) atoms. The second kappa shape index (κ2) is 12.5. The minimum Gasteiger partial charge on any atom is -0.453 e. The second-order valence-corrected chi connectivity index (χ2v) is 9.11. The van der Waals surface area contributed by atoms with Crippen LogP contribution in [0, 0.1) is 5.92 Å². The molecular formula is C27H34N4O5. The fourth-order valence-electron chi connectivity index (χ4n) is 3.31. The number of methoxy groups -OCH3 is 1. The SMILES string of the molecule is C=CCC(=O)Nc1cc(NC(=O)OC)ccc1-c1ccnc([C@@H](NC(=O)OC(C)(C)C)C(C)C=C)c1. The lowest BCUT2D eigenvalue weighted by atomic mass is 9.95. The van der Waals surface area contributed by atoms with E-state index in [1.807, 2.05) is 13.0 Å². The van der Waals surface area contributed by atoms with Gasteiger partial charge in [0.2, 0.25) is 5.91 Å². The molecule has 0 bridgehead atoms. The van der Waals surface area contributed by atoms with Crippen molar-refractivity contribution in [1.82, 2.24) is 10.3 Å². The van der Waals surface area contributed by atoms with Crippen molar-refractivity contribution in [3.8, 4) is 11.1 Å². The molecule has 0 saturated heterocycles. The third-order valence-corrected chi connectivity index (χ3v) is 5.04. The van der Waals surface area contributed by atoms with Crippen LogP contribution in [0.5, 0.6) is 0 Å². The van der Waals surface area contributed by atoms with E-state index in [1.165, 1.54) is 13.2 Å². The Morgan fingerprint density at radius 1 is 1.08 bits per heavy atom. The zero-order chi connectivity index (χ0) is 26.9. The van der Waals surface area contributed by atoms with Crippen molar-refractivity contribution in [2.45, 2.75) is 45.8 Å². The molecule has 2 aromatic rings. The summed E-state index contributed by atoms with van der Waals surface area (Å²) in [7, 11) is 1.26. The predicted octanol–water partition coefficient (Wildman–Crippen LogP) is 5.83. The third-order valence-electron chi connectivity index (χ3n) is 5.04. The predicted molar refractivity (Wildman–Crippen MR) is 141 cm³/mol. The number of nitrogens with one attached hydrogen (secondary N) is 3. The molecule has 0 saturated carbocycles. The van der Waals surface area contributed by atoms with Crippen LogP contribution >= 0.6 is 0 Å². The lowest BCUT2D eigenvalue weighted by Gasteiger charge is -2.26. The zero-order valence-corrected chi connectivity index (χ0v) is 21.4. The summed E-state index contributed by atoms with van der Waals surface area (Å²) in [6.45, 7) is 14.7. The Balaban J connectivity index is 2.49. The number of alkyl carbamates (subject to hydrolysis) is 1. The van der Waals surface area contributed by atoms with Crippen LogP contribution in [-0.4, -0.2) is 35.8 Å². The van der Waals surface area contributed by atoms with Crippen LogP contribution in [0.3, 0.4) is 0 Å². The number of rotatable bonds is 9. The Morgan fingerprint density at radius 2 is 1.81 bits per heavy atom. The molecule has 1 unspecified atom stereocenters. The maximum Gasteiger partial charge on any atom is 0.411 e. The van der Waals surface area contributed by atoms with Crippen molar-refractivity contribution in [2.24, 2.45) is 5.92 Å². The zero-order valence-electron chi connectivity index (χ0n) is 21.4. The van der Waals surface area contributed by atoms with Crippen LogP contribution in [0.4, 0.5) is 21.0 Å². The van der Waals surface area contributed by atoms with Gasteiger partial charge < -0.3 is 20.1 Å². The molecule has 9 heteroatoms.